The highest BCUT2D eigenvalue weighted by Crippen LogP contribution is 2.57. The summed E-state index contributed by atoms with van der Waals surface area (Å²) in [7, 11) is 0. The van der Waals surface area contributed by atoms with Crippen molar-refractivity contribution in [3.8, 4) is 11.8 Å². The van der Waals surface area contributed by atoms with Gasteiger partial charge in [-0.15, -0.1) is 0 Å². The average Bonchev–Trinajstić information content (AvgIpc) is 3.48. The Kier molecular flexibility index (Phi) is 10.4. The number of carbonyl (C=O) groups is 3. The molecule has 2 aromatic carbocycles. The Morgan fingerprint density at radius 3 is 2.19 bits per heavy atom. The van der Waals surface area contributed by atoms with Crippen LogP contribution in [0.25, 0.3) is 0 Å². The second-order valence-corrected chi connectivity index (χ2v) is 15.1. The number of nitrogens with one attached hydrogen (secondary N) is 1. The second-order valence-electron chi connectivity index (χ2n) is 14.6. The zero-order valence-corrected chi connectivity index (χ0v) is 28.5. The van der Waals surface area contributed by atoms with Gasteiger partial charge in [-0.25, -0.2) is 4.79 Å². The molecule has 4 saturated carbocycles. The number of carbonyl (C=O) groups excluding carboxylic acids is 3. The van der Waals surface area contributed by atoms with Crippen LogP contribution in [-0.2, 0) is 14.3 Å². The molecule has 4 bridgehead atoms. The summed E-state index contributed by atoms with van der Waals surface area (Å²) >= 11 is 5.84. The Morgan fingerprint density at radius 2 is 1.64 bits per heavy atom. The maximum Gasteiger partial charge on any atom is 0.350 e. The summed E-state index contributed by atoms with van der Waals surface area (Å²) in [4.78, 5) is 38.6. The number of nitrogens with zero attached hydrogens (tertiary/aromatic N) is 2. The number of ketones is 1. The fourth-order valence-electron chi connectivity index (χ4n) is 8.12. The summed E-state index contributed by atoms with van der Waals surface area (Å²) in [6.45, 7) is 7.87. The zero-order valence-electron chi connectivity index (χ0n) is 27.8. The number of benzene rings is 2. The van der Waals surface area contributed by atoms with E-state index >= 15 is 0 Å². The molecule has 2 N–H and O–H groups in total. The first-order valence-corrected chi connectivity index (χ1v) is 17.0. The normalized spacial score (nSPS) is 27.5. The highest BCUT2D eigenvalue weighted by atomic mass is 35.5. The topological polar surface area (TPSA) is 129 Å². The molecule has 3 atom stereocenters. The number of rotatable bonds is 9. The summed E-state index contributed by atoms with van der Waals surface area (Å²) < 4.78 is 10.9. The third-order valence-electron chi connectivity index (χ3n) is 9.80. The lowest BCUT2D eigenvalue weighted by molar-refractivity contribution is -0.163. The van der Waals surface area contributed by atoms with E-state index in [1.54, 1.807) is 81.1 Å². The Bertz CT molecular complexity index is 1490. The van der Waals surface area contributed by atoms with Gasteiger partial charge in [-0.3, -0.25) is 9.59 Å². The minimum atomic E-state index is -1.12. The van der Waals surface area contributed by atoms with Gasteiger partial charge in [0, 0.05) is 28.2 Å². The molecule has 47 heavy (non-hydrogen) atoms. The molecule has 4 aliphatic carbocycles. The van der Waals surface area contributed by atoms with Crippen LogP contribution in [0.3, 0.4) is 0 Å². The molecule has 1 saturated heterocycles. The first-order chi connectivity index (χ1) is 22.2. The van der Waals surface area contributed by atoms with Crippen molar-refractivity contribution in [3.63, 3.8) is 0 Å². The van der Waals surface area contributed by atoms with E-state index in [2.05, 4.69) is 11.4 Å². The lowest BCUT2D eigenvalue weighted by atomic mass is 9.51. The Morgan fingerprint density at radius 1 is 1.04 bits per heavy atom. The fourth-order valence-corrected chi connectivity index (χ4v) is 8.25. The average molecular weight is 664 g/mol. The van der Waals surface area contributed by atoms with Crippen molar-refractivity contribution >= 4 is 29.3 Å². The van der Waals surface area contributed by atoms with E-state index in [4.69, 9.17) is 26.3 Å². The highest BCUT2D eigenvalue weighted by Gasteiger charge is 2.57. The molecule has 0 aromatic heterocycles. The molecule has 1 aliphatic heterocycles. The highest BCUT2D eigenvalue weighted by molar-refractivity contribution is 6.30. The van der Waals surface area contributed by atoms with Crippen LogP contribution in [0.5, 0.6) is 5.75 Å². The van der Waals surface area contributed by atoms with Crippen molar-refractivity contribution in [1.82, 2.24) is 10.2 Å². The quantitative estimate of drug-likeness (QED) is 0.252. The van der Waals surface area contributed by atoms with Crippen molar-refractivity contribution in [1.29, 1.82) is 5.26 Å². The summed E-state index contributed by atoms with van der Waals surface area (Å²) in [5, 5.41) is 24.0. The number of amides is 1. The van der Waals surface area contributed by atoms with Gasteiger partial charge in [-0.05, 0) is 139 Å². The molecular formula is C37H46ClN3O6. The SMILES string of the molecule is CC(C)OC(=O)C(C)(C)Oc1ccc(C(=O)c2ccc(Cl)cc2)cc1.N#C[C@@H]1CCCN1C(=O)CNC12CC3CC(CC(O)(C3)C1)C2. The standard InChI is InChI=1S/C20H21ClO4.C17H25N3O2/c1-13(2)24-19(23)20(3,4)25-17-11-7-15(8-12-17)18(22)14-5-9-16(21)10-6-14;18-9-14-2-1-3-20(14)15(21)10-19-16-5-12-4-13(6-16)8-17(22,7-12)11-16/h5-13H,1-4H3;12-14,19,22H,1-8,10-11H2/t;12?,13?,14-,16?,17?/m.0/s1. The first kappa shape index (κ1) is 34.9. The van der Waals surface area contributed by atoms with Gasteiger partial charge < -0.3 is 24.8 Å². The second kappa shape index (κ2) is 14.0. The van der Waals surface area contributed by atoms with E-state index < -0.39 is 17.2 Å². The van der Waals surface area contributed by atoms with Crippen LogP contribution in [0, 0.1) is 23.2 Å². The van der Waals surface area contributed by atoms with E-state index in [0.717, 1.165) is 44.9 Å². The molecule has 7 rings (SSSR count). The predicted octanol–water partition coefficient (Wildman–Crippen LogP) is 5.85. The Labute approximate surface area is 282 Å². The van der Waals surface area contributed by atoms with Crippen LogP contribution in [0.15, 0.2) is 48.5 Å². The molecule has 1 amide bonds. The summed E-state index contributed by atoms with van der Waals surface area (Å²) in [5.74, 6) is 1.22. The first-order valence-electron chi connectivity index (χ1n) is 16.7. The van der Waals surface area contributed by atoms with Crippen LogP contribution in [0.4, 0.5) is 0 Å². The summed E-state index contributed by atoms with van der Waals surface area (Å²) in [5.41, 5.74) is -0.582. The van der Waals surface area contributed by atoms with E-state index in [9.17, 15) is 19.5 Å². The van der Waals surface area contributed by atoms with E-state index in [1.165, 1.54) is 6.42 Å². The van der Waals surface area contributed by atoms with E-state index in [-0.39, 0.29) is 29.4 Å². The van der Waals surface area contributed by atoms with Crippen LogP contribution in [0.1, 0.15) is 95.0 Å². The third kappa shape index (κ3) is 8.35. The van der Waals surface area contributed by atoms with Gasteiger partial charge in [0.05, 0.1) is 24.3 Å². The van der Waals surface area contributed by atoms with Crippen molar-refractivity contribution < 1.29 is 29.0 Å². The number of nitriles is 1. The number of likely N-dealkylation sites (tertiary alicyclic amines) is 1. The molecule has 0 spiro atoms. The lowest BCUT2D eigenvalue weighted by Gasteiger charge is -2.60. The van der Waals surface area contributed by atoms with Gasteiger partial charge in [0.25, 0.3) is 0 Å². The van der Waals surface area contributed by atoms with Gasteiger partial charge in [0.1, 0.15) is 11.8 Å². The van der Waals surface area contributed by atoms with Gasteiger partial charge in [-0.2, -0.15) is 5.26 Å². The van der Waals surface area contributed by atoms with Crippen LogP contribution >= 0.6 is 11.6 Å². The summed E-state index contributed by atoms with van der Waals surface area (Å²) in [6.07, 6.45) is 7.66. The van der Waals surface area contributed by atoms with Gasteiger partial charge >= 0.3 is 5.97 Å². The molecule has 5 aliphatic rings. The molecule has 0 radical (unpaired) electrons. The molecule has 2 aromatic rings. The minimum Gasteiger partial charge on any atom is -0.476 e. The molecule has 10 heteroatoms. The molecular weight excluding hydrogens is 618 g/mol. The third-order valence-corrected chi connectivity index (χ3v) is 10.0. The Hall–Kier alpha value is -3.45. The largest absolute Gasteiger partial charge is 0.476 e. The molecule has 252 valence electrons. The van der Waals surface area contributed by atoms with Gasteiger partial charge in [0.2, 0.25) is 5.91 Å². The molecule has 2 unspecified atom stereocenters. The maximum absolute atomic E-state index is 12.4. The Balaban J connectivity index is 0.000000185. The van der Waals surface area contributed by atoms with Crippen molar-refractivity contribution in [3.05, 3.63) is 64.7 Å². The van der Waals surface area contributed by atoms with Crippen LogP contribution in [-0.4, -0.2) is 69.6 Å². The predicted molar refractivity (Wildman–Crippen MR) is 178 cm³/mol. The lowest BCUT2D eigenvalue weighted by Crippen LogP contribution is -2.65. The number of hydrogen-bond donors (Lipinski definition) is 2. The molecule has 9 nitrogen and oxygen atoms in total. The van der Waals surface area contributed by atoms with Gasteiger partial charge in [-0.1, -0.05) is 11.6 Å². The number of esters is 1. The van der Waals surface area contributed by atoms with Crippen molar-refractivity contribution in [2.75, 3.05) is 13.1 Å². The monoisotopic (exact) mass is 663 g/mol. The number of halogens is 1. The van der Waals surface area contributed by atoms with Crippen molar-refractivity contribution in [2.24, 2.45) is 11.8 Å². The fraction of sp³-hybridized carbons (Fsp3) is 0.568. The van der Waals surface area contributed by atoms with Crippen molar-refractivity contribution in [2.45, 2.75) is 108 Å². The number of ether oxygens (including phenoxy) is 2. The number of hydrogen-bond acceptors (Lipinski definition) is 8. The zero-order chi connectivity index (χ0) is 34.0. The maximum atomic E-state index is 12.4. The smallest absolute Gasteiger partial charge is 0.350 e. The van der Waals surface area contributed by atoms with Crippen LogP contribution in [0.2, 0.25) is 5.02 Å². The summed E-state index contributed by atoms with van der Waals surface area (Å²) in [6, 6.07) is 15.4. The van der Waals surface area contributed by atoms with E-state index in [0.29, 0.717) is 46.8 Å². The molecule has 1 heterocycles. The van der Waals surface area contributed by atoms with Crippen LogP contribution < -0.4 is 10.1 Å². The minimum absolute atomic E-state index is 0.0453. The molecule has 5 fully saturated rings. The van der Waals surface area contributed by atoms with E-state index in [1.807, 2.05) is 0 Å². The number of aliphatic hydroxyl groups is 1. The van der Waals surface area contributed by atoms with Gasteiger partial charge in [0.15, 0.2) is 11.4 Å².